The number of aromatic nitrogens is 3. The monoisotopic (exact) mass is 706 g/mol. The summed E-state index contributed by atoms with van der Waals surface area (Å²) in [6.45, 7) is 3.29. The van der Waals surface area contributed by atoms with Crippen LogP contribution < -0.4 is 15.0 Å². The Balaban J connectivity index is 1.16. The number of pyridine rings is 1. The Labute approximate surface area is 269 Å². The van der Waals surface area contributed by atoms with Gasteiger partial charge >= 0.3 is 6.01 Å². The Morgan fingerprint density at radius 2 is 1.95 bits per heavy atom. The first-order valence-electron chi connectivity index (χ1n) is 16.1. The minimum Gasteiger partial charge on any atom is -0.508 e. The second-order valence-electron chi connectivity index (χ2n) is 13.7. The van der Waals surface area contributed by atoms with Crippen molar-refractivity contribution in [3.8, 4) is 23.0 Å². The maximum absolute atomic E-state index is 16.8. The SMILES string of the molecule is Oc1cc(-c2ncc3c(N4CC5CCC(C4)N5)nc(OC[C@]45CCCN4[C@H]4CCC[C@H]4C5)nc3c2F)c2c(I)cccc2c1. The van der Waals surface area contributed by atoms with Crippen LogP contribution in [0.15, 0.2) is 36.5 Å². The van der Waals surface area contributed by atoms with Crippen molar-refractivity contribution in [3.63, 3.8) is 0 Å². The lowest BCUT2D eigenvalue weighted by molar-refractivity contribution is 0.0832. The van der Waals surface area contributed by atoms with Gasteiger partial charge in [0.25, 0.3) is 0 Å². The van der Waals surface area contributed by atoms with Gasteiger partial charge in [0, 0.05) is 51.9 Å². The summed E-state index contributed by atoms with van der Waals surface area (Å²) in [4.78, 5) is 19.4. The van der Waals surface area contributed by atoms with Crippen LogP contribution in [-0.2, 0) is 0 Å². The van der Waals surface area contributed by atoms with E-state index < -0.39 is 5.82 Å². The van der Waals surface area contributed by atoms with Gasteiger partial charge in [-0.05, 0) is 104 Å². The number of rotatable bonds is 5. The van der Waals surface area contributed by atoms with E-state index in [4.69, 9.17) is 14.7 Å². The molecule has 8 nitrogen and oxygen atoms in total. The molecule has 2 aromatic heterocycles. The van der Waals surface area contributed by atoms with E-state index in [2.05, 4.69) is 42.7 Å². The van der Waals surface area contributed by atoms with Crippen LogP contribution in [0.1, 0.15) is 51.4 Å². The molecule has 4 aromatic rings. The second kappa shape index (κ2) is 10.3. The topological polar surface area (TPSA) is 86.6 Å². The predicted octanol–water partition coefficient (Wildman–Crippen LogP) is 6.02. The number of ether oxygens (including phenoxy) is 1. The number of halogens is 2. The van der Waals surface area contributed by atoms with Crippen LogP contribution in [0, 0.1) is 15.3 Å². The van der Waals surface area contributed by atoms with Crippen molar-refractivity contribution in [3.05, 3.63) is 45.9 Å². The number of piperazine rings is 1. The molecule has 4 aliphatic heterocycles. The molecule has 4 saturated heterocycles. The third-order valence-electron chi connectivity index (χ3n) is 11.1. The van der Waals surface area contributed by atoms with E-state index in [1.54, 1.807) is 18.3 Å². The van der Waals surface area contributed by atoms with E-state index in [1.165, 1.54) is 32.1 Å². The smallest absolute Gasteiger partial charge is 0.319 e. The Bertz CT molecular complexity index is 1790. The van der Waals surface area contributed by atoms with Crippen molar-refractivity contribution in [2.24, 2.45) is 5.92 Å². The lowest BCUT2D eigenvalue weighted by Gasteiger charge is -2.35. The fourth-order valence-electron chi connectivity index (χ4n) is 9.30. The molecular weight excluding hydrogens is 670 g/mol. The highest BCUT2D eigenvalue weighted by Gasteiger charge is 2.55. The number of benzene rings is 2. The van der Waals surface area contributed by atoms with E-state index in [1.807, 2.05) is 18.2 Å². The van der Waals surface area contributed by atoms with E-state index >= 15 is 4.39 Å². The van der Waals surface area contributed by atoms with Gasteiger partial charge in [0.1, 0.15) is 29.4 Å². The fourth-order valence-corrected chi connectivity index (χ4v) is 10.1. The number of nitrogens with one attached hydrogen (secondary N) is 1. The van der Waals surface area contributed by atoms with Gasteiger partial charge in [0.2, 0.25) is 0 Å². The maximum Gasteiger partial charge on any atom is 0.319 e. The summed E-state index contributed by atoms with van der Waals surface area (Å²) >= 11 is 2.26. The summed E-state index contributed by atoms with van der Waals surface area (Å²) in [6.07, 6.45) is 11.4. The summed E-state index contributed by atoms with van der Waals surface area (Å²) < 4.78 is 24.3. The lowest BCUT2D eigenvalue weighted by Crippen LogP contribution is -2.51. The molecule has 9 rings (SSSR count). The van der Waals surface area contributed by atoms with Crippen LogP contribution in [0.4, 0.5) is 10.2 Å². The summed E-state index contributed by atoms with van der Waals surface area (Å²) in [5.74, 6) is 1.01. The van der Waals surface area contributed by atoms with Gasteiger partial charge in [0.15, 0.2) is 5.82 Å². The normalized spacial score (nSPS) is 29.5. The number of nitrogens with zero attached hydrogens (tertiary/aromatic N) is 5. The minimum absolute atomic E-state index is 0.0293. The molecule has 2 unspecified atom stereocenters. The Hall–Kier alpha value is -2.83. The first-order chi connectivity index (χ1) is 21.5. The predicted molar refractivity (Wildman–Crippen MR) is 177 cm³/mol. The largest absolute Gasteiger partial charge is 0.508 e. The molecule has 6 heterocycles. The van der Waals surface area contributed by atoms with Crippen molar-refractivity contribution < 1.29 is 14.2 Å². The first-order valence-corrected chi connectivity index (χ1v) is 17.2. The molecule has 228 valence electrons. The molecule has 5 atom stereocenters. The fraction of sp³-hybridized carbons (Fsp3) is 0.500. The number of phenolic OH excluding ortho intramolecular Hbond substituents is 1. The van der Waals surface area contributed by atoms with Crippen molar-refractivity contribution in [2.45, 2.75) is 75.0 Å². The third kappa shape index (κ3) is 4.30. The maximum atomic E-state index is 16.8. The molecular formula is C34H36FIN6O2. The summed E-state index contributed by atoms with van der Waals surface area (Å²) in [5.41, 5.74) is 0.960. The molecule has 44 heavy (non-hydrogen) atoms. The van der Waals surface area contributed by atoms with E-state index in [9.17, 15) is 5.11 Å². The molecule has 0 amide bonds. The Kier molecular flexibility index (Phi) is 6.46. The van der Waals surface area contributed by atoms with Crippen LogP contribution in [0.3, 0.4) is 0 Å². The number of fused-ring (bicyclic) bond motifs is 7. The standard InChI is InChI=1S/C34H36FIN6O2/c35-29-30(24-13-23(43)12-19-4-1-6-26(36)28(19)24)37-15-25-31(29)39-33(40-32(25)41-16-21-8-9-22(17-41)38-21)44-18-34-10-3-11-42(34)27-7-2-5-20(27)14-34/h1,4,6,12-13,15,20-22,27,38,43H,2-3,5,7-11,14,16-18H2/t20-,21?,22?,27-,34+/m0/s1. The van der Waals surface area contributed by atoms with Crippen molar-refractivity contribution >= 4 is 50.1 Å². The minimum atomic E-state index is -0.517. The number of phenols is 1. The average Bonchev–Trinajstić information content (AvgIpc) is 3.77. The Morgan fingerprint density at radius 3 is 2.82 bits per heavy atom. The zero-order valence-electron chi connectivity index (χ0n) is 24.6. The van der Waals surface area contributed by atoms with Crippen LogP contribution >= 0.6 is 22.6 Å². The highest BCUT2D eigenvalue weighted by Crippen LogP contribution is 2.51. The number of hydrogen-bond acceptors (Lipinski definition) is 8. The van der Waals surface area contributed by atoms with Crippen LogP contribution in [-0.4, -0.2) is 74.9 Å². The van der Waals surface area contributed by atoms with Gasteiger partial charge in [-0.15, -0.1) is 0 Å². The first kappa shape index (κ1) is 27.5. The quantitative estimate of drug-likeness (QED) is 0.244. The summed E-state index contributed by atoms with van der Waals surface area (Å²) in [5, 5.41) is 16.5. The van der Waals surface area contributed by atoms with Gasteiger partial charge in [-0.3, -0.25) is 9.88 Å². The van der Waals surface area contributed by atoms with Gasteiger partial charge in [-0.2, -0.15) is 9.97 Å². The third-order valence-corrected chi connectivity index (χ3v) is 12.0. The van der Waals surface area contributed by atoms with Crippen molar-refractivity contribution in [2.75, 3.05) is 31.1 Å². The van der Waals surface area contributed by atoms with Crippen molar-refractivity contribution in [1.29, 1.82) is 0 Å². The number of aromatic hydroxyl groups is 1. The van der Waals surface area contributed by atoms with E-state index in [-0.39, 0.29) is 28.5 Å². The molecule has 5 aliphatic rings. The molecule has 0 spiro atoms. The number of anilines is 1. The zero-order valence-corrected chi connectivity index (χ0v) is 26.8. The molecule has 2 bridgehead atoms. The molecule has 0 radical (unpaired) electrons. The molecule has 5 fully saturated rings. The van der Waals surface area contributed by atoms with Crippen LogP contribution in [0.25, 0.3) is 32.9 Å². The van der Waals surface area contributed by atoms with Crippen LogP contribution in [0.5, 0.6) is 11.8 Å². The lowest BCUT2D eigenvalue weighted by atomic mass is 9.90. The average molecular weight is 707 g/mol. The highest BCUT2D eigenvalue weighted by atomic mass is 127. The summed E-state index contributed by atoms with van der Waals surface area (Å²) in [6, 6.07) is 10.8. The zero-order chi connectivity index (χ0) is 29.6. The number of hydrogen-bond donors (Lipinski definition) is 2. The van der Waals surface area contributed by atoms with E-state index in [0.717, 1.165) is 59.2 Å². The Morgan fingerprint density at radius 1 is 1.09 bits per heavy atom. The highest BCUT2D eigenvalue weighted by molar-refractivity contribution is 14.1. The molecule has 2 N–H and O–H groups in total. The van der Waals surface area contributed by atoms with Gasteiger partial charge in [-0.25, -0.2) is 4.39 Å². The van der Waals surface area contributed by atoms with Crippen LogP contribution in [0.2, 0.25) is 0 Å². The second-order valence-corrected chi connectivity index (χ2v) is 14.8. The van der Waals surface area contributed by atoms with Gasteiger partial charge in [0.05, 0.1) is 10.9 Å². The molecule has 10 heteroatoms. The molecule has 1 saturated carbocycles. The molecule has 1 aliphatic carbocycles. The molecule has 2 aromatic carbocycles. The van der Waals surface area contributed by atoms with Gasteiger partial charge in [-0.1, -0.05) is 18.6 Å². The van der Waals surface area contributed by atoms with Crippen molar-refractivity contribution in [1.82, 2.24) is 25.2 Å². The van der Waals surface area contributed by atoms with E-state index in [0.29, 0.717) is 41.5 Å². The van der Waals surface area contributed by atoms with Gasteiger partial charge < -0.3 is 20.1 Å². The summed E-state index contributed by atoms with van der Waals surface area (Å²) in [7, 11) is 0.